The highest BCUT2D eigenvalue weighted by Crippen LogP contribution is 2.21. The van der Waals surface area contributed by atoms with Crippen LogP contribution in [0.5, 0.6) is 0 Å². The van der Waals surface area contributed by atoms with Crippen LogP contribution in [0.1, 0.15) is 24.8 Å². The molecule has 0 aromatic heterocycles. The lowest BCUT2D eigenvalue weighted by Gasteiger charge is -2.08. The number of hydrogen-bond donors (Lipinski definition) is 2. The lowest BCUT2D eigenvalue weighted by atomic mass is 10.2. The van der Waals surface area contributed by atoms with Gasteiger partial charge in [0, 0.05) is 29.9 Å². The Morgan fingerprint density at radius 1 is 1.39 bits per heavy atom. The second-order valence-electron chi connectivity index (χ2n) is 4.77. The predicted molar refractivity (Wildman–Crippen MR) is 72.0 cm³/mol. The molecule has 5 nitrogen and oxygen atoms in total. The summed E-state index contributed by atoms with van der Waals surface area (Å²) in [7, 11) is 0. The van der Waals surface area contributed by atoms with Crippen molar-refractivity contribution in [3.63, 3.8) is 0 Å². The summed E-state index contributed by atoms with van der Waals surface area (Å²) in [5.41, 5.74) is 1.82. The summed E-state index contributed by atoms with van der Waals surface area (Å²) < 4.78 is 0. The van der Waals surface area contributed by atoms with Gasteiger partial charge in [0.25, 0.3) is 5.69 Å². The number of aryl methyl sites for hydroxylation is 1. The molecule has 98 valence electrons. The Bertz CT molecular complexity index is 430. The van der Waals surface area contributed by atoms with Crippen LogP contribution in [0.4, 0.5) is 11.4 Å². The van der Waals surface area contributed by atoms with Gasteiger partial charge in [-0.1, -0.05) is 0 Å². The lowest BCUT2D eigenvalue weighted by Crippen LogP contribution is -2.19. The van der Waals surface area contributed by atoms with Crippen molar-refractivity contribution in [3.05, 3.63) is 33.9 Å². The zero-order valence-corrected chi connectivity index (χ0v) is 10.6. The van der Waals surface area contributed by atoms with Crippen molar-refractivity contribution in [1.82, 2.24) is 5.32 Å². The number of nitro benzene ring substituents is 1. The van der Waals surface area contributed by atoms with Gasteiger partial charge in [-0.2, -0.15) is 0 Å². The fraction of sp³-hybridized carbons (Fsp3) is 0.538. The number of nitrogens with zero attached hydrogens (tertiary/aromatic N) is 1. The van der Waals surface area contributed by atoms with Crippen LogP contribution in [-0.4, -0.2) is 24.1 Å². The van der Waals surface area contributed by atoms with Gasteiger partial charge in [-0.25, -0.2) is 0 Å². The van der Waals surface area contributed by atoms with Crippen LogP contribution in [0.15, 0.2) is 18.2 Å². The maximum atomic E-state index is 10.7. The fourth-order valence-electron chi connectivity index (χ4n) is 1.89. The van der Waals surface area contributed by atoms with Crippen LogP contribution in [-0.2, 0) is 0 Å². The molecule has 0 bridgehead atoms. The first-order valence-corrected chi connectivity index (χ1v) is 6.39. The van der Waals surface area contributed by atoms with Gasteiger partial charge in [-0.3, -0.25) is 10.1 Å². The molecule has 0 saturated heterocycles. The third-order valence-corrected chi connectivity index (χ3v) is 3.09. The fourth-order valence-corrected chi connectivity index (χ4v) is 1.89. The molecule has 0 amide bonds. The smallest absolute Gasteiger partial charge is 0.272 e. The van der Waals surface area contributed by atoms with Gasteiger partial charge in [0.15, 0.2) is 0 Å². The molecule has 0 aliphatic heterocycles. The summed E-state index contributed by atoms with van der Waals surface area (Å²) in [4.78, 5) is 10.3. The maximum Gasteiger partial charge on any atom is 0.272 e. The third-order valence-electron chi connectivity index (χ3n) is 3.09. The highest BCUT2D eigenvalue weighted by molar-refractivity contribution is 5.53. The van der Waals surface area contributed by atoms with E-state index in [2.05, 4.69) is 10.6 Å². The van der Waals surface area contributed by atoms with E-state index in [9.17, 15) is 10.1 Å². The molecule has 18 heavy (non-hydrogen) atoms. The summed E-state index contributed by atoms with van der Waals surface area (Å²) in [5, 5.41) is 17.4. The van der Waals surface area contributed by atoms with Crippen molar-refractivity contribution in [2.45, 2.75) is 32.2 Å². The van der Waals surface area contributed by atoms with Crippen molar-refractivity contribution in [2.24, 2.45) is 0 Å². The van der Waals surface area contributed by atoms with Crippen molar-refractivity contribution >= 4 is 11.4 Å². The zero-order valence-electron chi connectivity index (χ0n) is 10.6. The molecule has 1 aromatic carbocycles. The number of rotatable bonds is 7. The van der Waals surface area contributed by atoms with Crippen molar-refractivity contribution in [2.75, 3.05) is 18.4 Å². The molecular formula is C13H19N3O2. The van der Waals surface area contributed by atoms with E-state index >= 15 is 0 Å². The Balaban J connectivity index is 1.74. The predicted octanol–water partition coefficient (Wildman–Crippen LogP) is 2.46. The quantitative estimate of drug-likeness (QED) is 0.442. The Morgan fingerprint density at radius 3 is 2.78 bits per heavy atom. The van der Waals surface area contributed by atoms with E-state index in [1.807, 2.05) is 6.07 Å². The zero-order chi connectivity index (χ0) is 13.0. The summed E-state index contributed by atoms with van der Waals surface area (Å²) >= 11 is 0. The van der Waals surface area contributed by atoms with Gasteiger partial charge >= 0.3 is 0 Å². The van der Waals surface area contributed by atoms with Crippen LogP contribution in [0.25, 0.3) is 0 Å². The van der Waals surface area contributed by atoms with Crippen LogP contribution >= 0.6 is 0 Å². The lowest BCUT2D eigenvalue weighted by molar-refractivity contribution is -0.385. The van der Waals surface area contributed by atoms with Gasteiger partial charge < -0.3 is 10.6 Å². The molecule has 0 spiro atoms. The highest BCUT2D eigenvalue weighted by atomic mass is 16.6. The van der Waals surface area contributed by atoms with E-state index in [1.54, 1.807) is 19.1 Å². The normalized spacial score (nSPS) is 14.5. The average Bonchev–Trinajstić information content (AvgIpc) is 3.12. The summed E-state index contributed by atoms with van der Waals surface area (Å²) in [6.07, 6.45) is 3.69. The molecule has 1 aromatic rings. The minimum absolute atomic E-state index is 0.177. The largest absolute Gasteiger partial charge is 0.385 e. The standard InChI is InChI=1S/C13H19N3O2/c1-10-9-12(5-6-13(10)16(17)18)15-8-2-7-14-11-3-4-11/h5-6,9,11,14-15H,2-4,7-8H2,1H3. The Labute approximate surface area is 107 Å². The minimum Gasteiger partial charge on any atom is -0.385 e. The van der Waals surface area contributed by atoms with Gasteiger partial charge in [-0.05, 0) is 44.9 Å². The van der Waals surface area contributed by atoms with E-state index < -0.39 is 0 Å². The Kier molecular flexibility index (Phi) is 4.15. The van der Waals surface area contributed by atoms with E-state index in [1.165, 1.54) is 12.8 Å². The second kappa shape index (κ2) is 5.82. The molecule has 5 heteroatoms. The van der Waals surface area contributed by atoms with Gasteiger partial charge in [0.2, 0.25) is 0 Å². The molecule has 1 aliphatic carbocycles. The molecule has 2 rings (SSSR count). The van der Waals surface area contributed by atoms with Gasteiger partial charge in [0.1, 0.15) is 0 Å². The SMILES string of the molecule is Cc1cc(NCCCNC2CC2)ccc1[N+](=O)[O-]. The van der Waals surface area contributed by atoms with Crippen LogP contribution in [0, 0.1) is 17.0 Å². The summed E-state index contributed by atoms with van der Waals surface area (Å²) in [5.74, 6) is 0. The Morgan fingerprint density at radius 2 is 2.17 bits per heavy atom. The highest BCUT2D eigenvalue weighted by Gasteiger charge is 2.19. The first-order chi connectivity index (χ1) is 8.66. The molecular weight excluding hydrogens is 230 g/mol. The number of nitrogens with one attached hydrogen (secondary N) is 2. The molecule has 0 unspecified atom stereocenters. The molecule has 1 saturated carbocycles. The monoisotopic (exact) mass is 249 g/mol. The number of anilines is 1. The molecule has 1 aliphatic rings. The van der Waals surface area contributed by atoms with Crippen molar-refractivity contribution < 1.29 is 4.92 Å². The maximum absolute atomic E-state index is 10.7. The first kappa shape index (κ1) is 12.8. The molecule has 0 heterocycles. The Hall–Kier alpha value is -1.62. The van der Waals surface area contributed by atoms with Gasteiger partial charge in [-0.15, -0.1) is 0 Å². The van der Waals surface area contributed by atoms with E-state index in [-0.39, 0.29) is 10.6 Å². The van der Waals surface area contributed by atoms with E-state index in [0.29, 0.717) is 5.56 Å². The van der Waals surface area contributed by atoms with Crippen LogP contribution < -0.4 is 10.6 Å². The number of benzene rings is 1. The summed E-state index contributed by atoms with van der Waals surface area (Å²) in [6, 6.07) is 5.90. The average molecular weight is 249 g/mol. The van der Waals surface area contributed by atoms with Crippen LogP contribution in [0.2, 0.25) is 0 Å². The molecule has 1 fully saturated rings. The third kappa shape index (κ3) is 3.70. The number of hydrogen-bond acceptors (Lipinski definition) is 4. The summed E-state index contributed by atoms with van der Waals surface area (Å²) in [6.45, 7) is 3.68. The topological polar surface area (TPSA) is 67.2 Å². The minimum atomic E-state index is -0.349. The first-order valence-electron chi connectivity index (χ1n) is 6.39. The van der Waals surface area contributed by atoms with Crippen molar-refractivity contribution in [1.29, 1.82) is 0 Å². The van der Waals surface area contributed by atoms with E-state index in [0.717, 1.165) is 31.2 Å². The van der Waals surface area contributed by atoms with E-state index in [4.69, 9.17) is 0 Å². The second-order valence-corrected chi connectivity index (χ2v) is 4.77. The van der Waals surface area contributed by atoms with Gasteiger partial charge in [0.05, 0.1) is 4.92 Å². The number of nitro groups is 1. The molecule has 0 atom stereocenters. The molecule has 2 N–H and O–H groups in total. The van der Waals surface area contributed by atoms with Crippen LogP contribution in [0.3, 0.4) is 0 Å². The van der Waals surface area contributed by atoms with Crippen molar-refractivity contribution in [3.8, 4) is 0 Å². The molecule has 0 radical (unpaired) electrons.